The molecule has 0 rings (SSSR count). The van der Waals surface area contributed by atoms with Crippen LogP contribution in [0.3, 0.4) is 0 Å². The van der Waals surface area contributed by atoms with Gasteiger partial charge < -0.3 is 0 Å². The average molecular weight is 253 g/mol. The number of rotatable bonds is 1. The highest BCUT2D eigenvalue weighted by atomic mass is 79.9. The minimum absolute atomic E-state index is 0.367. The van der Waals surface area contributed by atoms with Gasteiger partial charge in [-0.3, -0.25) is 0 Å². The molecule has 4 nitrogen and oxygen atoms in total. The second-order valence-corrected chi connectivity index (χ2v) is 3.65. The molecular weight excluding hydrogens is 244 g/mol. The summed E-state index contributed by atoms with van der Waals surface area (Å²) in [4.78, 5) is 14.2. The van der Waals surface area contributed by atoms with E-state index < -0.39 is 8.25 Å². The first-order valence-corrected chi connectivity index (χ1v) is 4.55. The zero-order chi connectivity index (χ0) is 8.73. The van der Waals surface area contributed by atoms with E-state index in [1.54, 1.807) is 0 Å². The minimum Gasteiger partial charge on any atom is -0.152 e. The Bertz CT molecular complexity index is 91.7. The fourth-order valence-electron chi connectivity index (χ4n) is 0. The van der Waals surface area contributed by atoms with Gasteiger partial charge in [-0.25, -0.2) is 0 Å². The van der Waals surface area contributed by atoms with Crippen LogP contribution in [0.1, 0.15) is 13.8 Å². The maximum atomic E-state index is 8.70. The molecule has 0 unspecified atom stereocenters. The standard InChI is InChI=1S/C3H7BrClN.HO3P/c1-3(2)6(4)5;1-4(2)3/h3H,1-2H3;(H-,1,2,3)/p+1. The van der Waals surface area contributed by atoms with Crippen LogP contribution >= 0.6 is 36.2 Å². The van der Waals surface area contributed by atoms with E-state index in [2.05, 4.69) is 16.1 Å². The summed E-state index contributed by atoms with van der Waals surface area (Å²) in [6.45, 7) is 3.98. The third kappa shape index (κ3) is 23.3. The summed E-state index contributed by atoms with van der Waals surface area (Å²) in [5.74, 6) is 0. The summed E-state index contributed by atoms with van der Waals surface area (Å²) in [5, 5.41) is 0. The highest BCUT2D eigenvalue weighted by molar-refractivity contribution is 9.08. The van der Waals surface area contributed by atoms with Crippen molar-refractivity contribution in [3.63, 3.8) is 0 Å². The Kier molecular flexibility index (Phi) is 10.5. The smallest absolute Gasteiger partial charge is 0.152 e. The van der Waals surface area contributed by atoms with Crippen LogP contribution in [0.2, 0.25) is 0 Å². The summed E-state index contributed by atoms with van der Waals surface area (Å²) >= 11 is 8.40. The molecule has 2 N–H and O–H groups in total. The number of hydrogen-bond acceptors (Lipinski definition) is 2. The van der Waals surface area contributed by atoms with Gasteiger partial charge >= 0.3 is 8.25 Å². The van der Waals surface area contributed by atoms with Gasteiger partial charge in [-0.1, -0.05) is 0 Å². The van der Waals surface area contributed by atoms with E-state index in [1.807, 2.05) is 13.8 Å². The Balaban J connectivity index is 0. The monoisotopic (exact) mass is 252 g/mol. The minimum atomic E-state index is -2.87. The molecule has 0 spiro atoms. The third-order valence-electron chi connectivity index (χ3n) is 0.390. The van der Waals surface area contributed by atoms with Crippen molar-refractivity contribution in [2.75, 3.05) is 0 Å². The molecule has 0 aliphatic carbocycles. The lowest BCUT2D eigenvalue weighted by atomic mass is 10.4. The molecule has 0 bridgehead atoms. The van der Waals surface area contributed by atoms with Crippen molar-refractivity contribution in [3.05, 3.63) is 0 Å². The quantitative estimate of drug-likeness (QED) is 0.552. The third-order valence-corrected chi connectivity index (χ3v) is 1.60. The molecule has 62 valence electrons. The maximum Gasteiger partial charge on any atom is 0.692 e. The normalized spacial score (nSPS) is 9.20. The second kappa shape index (κ2) is 7.85. The Labute approximate surface area is 74.2 Å². The summed E-state index contributed by atoms with van der Waals surface area (Å²) in [7, 11) is -2.87. The molecule has 0 saturated heterocycles. The molecule has 0 saturated carbocycles. The fourth-order valence-corrected chi connectivity index (χ4v) is 0. The van der Waals surface area contributed by atoms with E-state index in [4.69, 9.17) is 26.1 Å². The lowest BCUT2D eigenvalue weighted by molar-refractivity contribution is 0.405. The van der Waals surface area contributed by atoms with Crippen LogP contribution in [0.25, 0.3) is 0 Å². The highest BCUT2D eigenvalue weighted by Gasteiger charge is 1.96. The molecule has 0 fully saturated rings. The Morgan fingerprint density at radius 2 is 1.70 bits per heavy atom. The van der Waals surface area contributed by atoms with Gasteiger partial charge in [0.25, 0.3) is 0 Å². The molecular formula is C3H9BrClNO3P+. The van der Waals surface area contributed by atoms with Gasteiger partial charge in [0.05, 0.1) is 0 Å². The Morgan fingerprint density at radius 1 is 1.60 bits per heavy atom. The number of halogens is 2. The zero-order valence-corrected chi connectivity index (χ0v) is 8.77. The molecule has 0 amide bonds. The van der Waals surface area contributed by atoms with Crippen molar-refractivity contribution < 1.29 is 14.4 Å². The first-order valence-electron chi connectivity index (χ1n) is 2.33. The first kappa shape index (κ1) is 13.3. The first-order chi connectivity index (χ1) is 4.37. The van der Waals surface area contributed by atoms with Crippen LogP contribution in [-0.2, 0) is 4.57 Å². The van der Waals surface area contributed by atoms with Crippen LogP contribution < -0.4 is 0 Å². The van der Waals surface area contributed by atoms with Gasteiger partial charge in [-0.15, -0.1) is 9.79 Å². The van der Waals surface area contributed by atoms with Crippen LogP contribution in [0.5, 0.6) is 0 Å². The van der Waals surface area contributed by atoms with Gasteiger partial charge in [0, 0.05) is 26.8 Å². The molecule has 0 atom stereocenters. The van der Waals surface area contributed by atoms with E-state index in [0.717, 1.165) is 0 Å². The number of nitrogens with zero attached hydrogens (tertiary/aromatic N) is 1. The van der Waals surface area contributed by atoms with Gasteiger partial charge in [0.15, 0.2) is 0 Å². The topological polar surface area (TPSA) is 60.8 Å². The molecule has 0 heterocycles. The fraction of sp³-hybridized carbons (Fsp3) is 1.00. The zero-order valence-electron chi connectivity index (χ0n) is 5.53. The van der Waals surface area contributed by atoms with Crippen molar-refractivity contribution in [2.45, 2.75) is 19.9 Å². The van der Waals surface area contributed by atoms with Gasteiger partial charge in [0.2, 0.25) is 0 Å². The molecule has 0 radical (unpaired) electrons. The largest absolute Gasteiger partial charge is 0.692 e. The molecule has 0 aliphatic heterocycles. The molecule has 7 heteroatoms. The van der Waals surface area contributed by atoms with Crippen molar-refractivity contribution in [3.8, 4) is 0 Å². The second-order valence-electron chi connectivity index (χ2n) is 1.61. The molecule has 10 heavy (non-hydrogen) atoms. The van der Waals surface area contributed by atoms with Crippen LogP contribution in [0.15, 0.2) is 0 Å². The Hall–Kier alpha value is 0.750. The predicted octanol–water partition coefficient (Wildman–Crippen LogP) is 1.79. The molecule has 0 aromatic carbocycles. The van der Waals surface area contributed by atoms with Gasteiger partial charge in [-0.05, 0) is 25.6 Å². The lowest BCUT2D eigenvalue weighted by Gasteiger charge is -2.05. The average Bonchev–Trinajstić information content (AvgIpc) is 1.63. The summed E-state index contributed by atoms with van der Waals surface area (Å²) in [5.41, 5.74) is 0. The SMILES string of the molecule is CC(C)N(Cl)Br.O=[P+](O)O. The van der Waals surface area contributed by atoms with E-state index in [9.17, 15) is 0 Å². The van der Waals surface area contributed by atoms with Crippen LogP contribution in [-0.4, -0.2) is 19.3 Å². The van der Waals surface area contributed by atoms with Crippen molar-refractivity contribution in [2.24, 2.45) is 0 Å². The van der Waals surface area contributed by atoms with E-state index in [-0.39, 0.29) is 0 Å². The van der Waals surface area contributed by atoms with Gasteiger partial charge in [0.1, 0.15) is 0 Å². The summed E-state index contributed by atoms with van der Waals surface area (Å²) in [6, 6.07) is 0.367. The van der Waals surface area contributed by atoms with Crippen molar-refractivity contribution in [1.82, 2.24) is 3.45 Å². The predicted molar refractivity (Wildman–Crippen MR) is 43.8 cm³/mol. The van der Waals surface area contributed by atoms with E-state index in [0.29, 0.717) is 6.04 Å². The number of hydrogen-bond donors (Lipinski definition) is 2. The van der Waals surface area contributed by atoms with E-state index >= 15 is 0 Å². The van der Waals surface area contributed by atoms with Gasteiger partial charge in [-0.2, -0.15) is 3.45 Å². The maximum absolute atomic E-state index is 8.70. The Morgan fingerprint density at radius 3 is 1.70 bits per heavy atom. The summed E-state index contributed by atoms with van der Waals surface area (Å²) in [6.07, 6.45) is 0. The lowest BCUT2D eigenvalue weighted by Crippen LogP contribution is -2.07. The molecule has 0 aromatic rings. The highest BCUT2D eigenvalue weighted by Crippen LogP contribution is 2.06. The van der Waals surface area contributed by atoms with Crippen LogP contribution in [0.4, 0.5) is 0 Å². The van der Waals surface area contributed by atoms with Crippen molar-refractivity contribution in [1.29, 1.82) is 0 Å². The van der Waals surface area contributed by atoms with Crippen LogP contribution in [0, 0.1) is 0 Å². The van der Waals surface area contributed by atoms with Crippen molar-refractivity contribution >= 4 is 36.2 Å². The summed E-state index contributed by atoms with van der Waals surface area (Å²) < 4.78 is 10.2. The van der Waals surface area contributed by atoms with E-state index in [1.165, 1.54) is 3.45 Å². The molecule has 0 aliphatic rings. The molecule has 0 aromatic heterocycles.